The molecule has 34 heavy (non-hydrogen) atoms. The van der Waals surface area contributed by atoms with Gasteiger partial charge in [-0.1, -0.05) is 6.07 Å². The molecule has 0 unspecified atom stereocenters. The summed E-state index contributed by atoms with van der Waals surface area (Å²) >= 11 is 1.61. The molecule has 0 saturated carbocycles. The first-order valence-electron chi connectivity index (χ1n) is 10.2. The lowest BCUT2D eigenvalue weighted by molar-refractivity contribution is -0.119. The number of benzene rings is 1. The van der Waals surface area contributed by atoms with Gasteiger partial charge in [0.2, 0.25) is 5.91 Å². The van der Waals surface area contributed by atoms with Gasteiger partial charge >= 0.3 is 0 Å². The standard InChI is InChI=1S/C22H26N6O3S.2ClH/c1-4-31-10-14-15(9-25-18(29)8-23)28-20(22(24)26-11-27-28)19(14)17-7-13-5-12(2)6-16(30-3)21(13)32-17;;/h5-7,11H,4,8-10,23H2,1-3H3,(H,25,29)(H2,24,26,27);2*1H. The zero-order valence-electron chi connectivity index (χ0n) is 19.1. The van der Waals surface area contributed by atoms with E-state index >= 15 is 0 Å². The summed E-state index contributed by atoms with van der Waals surface area (Å²) in [6, 6.07) is 6.27. The number of carbonyl (C=O) groups is 1. The van der Waals surface area contributed by atoms with E-state index in [2.05, 4.69) is 27.5 Å². The molecule has 12 heteroatoms. The Morgan fingerprint density at radius 1 is 1.26 bits per heavy atom. The van der Waals surface area contributed by atoms with Crippen molar-refractivity contribution >= 4 is 63.5 Å². The number of hydrogen-bond donors (Lipinski definition) is 3. The number of nitrogens with one attached hydrogen (secondary N) is 1. The summed E-state index contributed by atoms with van der Waals surface area (Å²) in [7, 11) is 1.67. The average Bonchev–Trinajstić information content (AvgIpc) is 3.34. The lowest BCUT2D eigenvalue weighted by atomic mass is 10.1. The normalized spacial score (nSPS) is 10.7. The molecule has 0 atom stereocenters. The number of amides is 1. The highest BCUT2D eigenvalue weighted by Gasteiger charge is 2.25. The average molecular weight is 527 g/mol. The first-order chi connectivity index (χ1) is 15.5. The van der Waals surface area contributed by atoms with Gasteiger partial charge in [0, 0.05) is 22.6 Å². The molecular formula is C22H28Cl2N6O3S. The van der Waals surface area contributed by atoms with E-state index in [4.69, 9.17) is 20.9 Å². The van der Waals surface area contributed by atoms with Crippen LogP contribution < -0.4 is 21.5 Å². The molecule has 3 heterocycles. The molecule has 0 spiro atoms. The third-order valence-corrected chi connectivity index (χ3v) is 6.43. The van der Waals surface area contributed by atoms with Gasteiger partial charge in [0.1, 0.15) is 17.6 Å². The summed E-state index contributed by atoms with van der Waals surface area (Å²) in [5.41, 5.74) is 16.2. The Bertz CT molecular complexity index is 1310. The molecule has 1 aromatic carbocycles. The minimum absolute atomic E-state index is 0. The fraction of sp³-hybridized carbons (Fsp3) is 0.318. The van der Waals surface area contributed by atoms with Crippen LogP contribution in [0.5, 0.6) is 5.75 Å². The summed E-state index contributed by atoms with van der Waals surface area (Å²) in [6.07, 6.45) is 1.40. The maximum Gasteiger partial charge on any atom is 0.234 e. The van der Waals surface area contributed by atoms with E-state index in [1.165, 1.54) is 6.33 Å². The van der Waals surface area contributed by atoms with Crippen LogP contribution in [0.2, 0.25) is 0 Å². The van der Waals surface area contributed by atoms with Crippen molar-refractivity contribution in [2.45, 2.75) is 27.0 Å². The highest BCUT2D eigenvalue weighted by molar-refractivity contribution is 7.22. The van der Waals surface area contributed by atoms with Crippen molar-refractivity contribution in [3.05, 3.63) is 41.3 Å². The minimum Gasteiger partial charge on any atom is -0.495 e. The van der Waals surface area contributed by atoms with Crippen LogP contribution in [-0.4, -0.2) is 40.8 Å². The SMILES string of the molecule is CCOCc1c(-c2cc3cc(C)cc(OC)c3s2)c2c(N)ncnn2c1CNC(=O)CN.Cl.Cl. The van der Waals surface area contributed by atoms with E-state index in [1.807, 2.05) is 19.9 Å². The number of halogens is 2. The van der Waals surface area contributed by atoms with Gasteiger partial charge in [-0.05, 0) is 36.9 Å². The van der Waals surface area contributed by atoms with E-state index in [0.29, 0.717) is 24.5 Å². The van der Waals surface area contributed by atoms with Crippen LogP contribution >= 0.6 is 36.2 Å². The number of aromatic nitrogens is 3. The van der Waals surface area contributed by atoms with Crippen LogP contribution in [0.25, 0.3) is 26.0 Å². The number of aryl methyl sites for hydroxylation is 1. The molecule has 0 aliphatic rings. The van der Waals surface area contributed by atoms with Gasteiger partial charge in [-0.25, -0.2) is 9.50 Å². The fourth-order valence-electron chi connectivity index (χ4n) is 3.82. The molecule has 3 aromatic heterocycles. The van der Waals surface area contributed by atoms with Crippen molar-refractivity contribution < 1.29 is 14.3 Å². The number of carbonyl (C=O) groups excluding carboxylic acids is 1. The topological polar surface area (TPSA) is 130 Å². The van der Waals surface area contributed by atoms with E-state index in [1.54, 1.807) is 23.0 Å². The maximum atomic E-state index is 11.9. The molecule has 184 valence electrons. The Morgan fingerprint density at radius 2 is 2.03 bits per heavy atom. The van der Waals surface area contributed by atoms with E-state index in [0.717, 1.165) is 43.1 Å². The second-order valence-electron chi connectivity index (χ2n) is 7.32. The molecular weight excluding hydrogens is 499 g/mol. The predicted molar refractivity (Wildman–Crippen MR) is 140 cm³/mol. The Labute approximate surface area is 213 Å². The molecule has 4 aromatic rings. The summed E-state index contributed by atoms with van der Waals surface area (Å²) in [4.78, 5) is 17.1. The number of hydrogen-bond acceptors (Lipinski definition) is 8. The number of fused-ring (bicyclic) bond motifs is 2. The van der Waals surface area contributed by atoms with Gasteiger partial charge in [-0.2, -0.15) is 5.10 Å². The second kappa shape index (κ2) is 11.7. The van der Waals surface area contributed by atoms with E-state index in [-0.39, 0.29) is 43.8 Å². The van der Waals surface area contributed by atoms with E-state index in [9.17, 15) is 4.79 Å². The number of thiophene rings is 1. The molecule has 0 aliphatic heterocycles. The van der Waals surface area contributed by atoms with Crippen molar-refractivity contribution in [1.82, 2.24) is 19.9 Å². The zero-order chi connectivity index (χ0) is 22.8. The third kappa shape index (κ3) is 5.06. The quantitative estimate of drug-likeness (QED) is 0.320. The first-order valence-corrected chi connectivity index (χ1v) is 11.1. The Balaban J connectivity index is 0.00000204. The van der Waals surface area contributed by atoms with Crippen LogP contribution in [0.4, 0.5) is 5.82 Å². The van der Waals surface area contributed by atoms with Crippen molar-refractivity contribution in [3.8, 4) is 16.2 Å². The number of nitrogen functional groups attached to an aromatic ring is 1. The number of methoxy groups -OCH3 is 1. The van der Waals surface area contributed by atoms with Crippen LogP contribution in [0.15, 0.2) is 24.5 Å². The van der Waals surface area contributed by atoms with Crippen molar-refractivity contribution in [3.63, 3.8) is 0 Å². The molecule has 5 N–H and O–H groups in total. The monoisotopic (exact) mass is 526 g/mol. The van der Waals surface area contributed by atoms with Gasteiger partial charge < -0.3 is 26.3 Å². The van der Waals surface area contributed by atoms with Crippen LogP contribution in [0.1, 0.15) is 23.7 Å². The lowest BCUT2D eigenvalue weighted by Crippen LogP contribution is -2.30. The van der Waals surface area contributed by atoms with Crippen LogP contribution in [0.3, 0.4) is 0 Å². The van der Waals surface area contributed by atoms with Gasteiger partial charge in [0.25, 0.3) is 0 Å². The lowest BCUT2D eigenvalue weighted by Gasteiger charge is -2.08. The highest BCUT2D eigenvalue weighted by Crippen LogP contribution is 2.44. The minimum atomic E-state index is -0.257. The number of rotatable bonds is 8. The van der Waals surface area contributed by atoms with Gasteiger partial charge in [0.05, 0.1) is 37.2 Å². The van der Waals surface area contributed by atoms with Crippen molar-refractivity contribution in [2.75, 3.05) is 26.0 Å². The van der Waals surface area contributed by atoms with Gasteiger partial charge in [-0.3, -0.25) is 4.79 Å². The molecule has 0 saturated heterocycles. The predicted octanol–water partition coefficient (Wildman–Crippen LogP) is 3.47. The Morgan fingerprint density at radius 3 is 2.71 bits per heavy atom. The fourth-order valence-corrected chi connectivity index (χ4v) is 5.03. The van der Waals surface area contributed by atoms with Gasteiger partial charge in [0.15, 0.2) is 5.82 Å². The summed E-state index contributed by atoms with van der Waals surface area (Å²) < 4.78 is 14.2. The van der Waals surface area contributed by atoms with Crippen molar-refractivity contribution in [1.29, 1.82) is 0 Å². The van der Waals surface area contributed by atoms with E-state index < -0.39 is 0 Å². The Kier molecular flexibility index (Phi) is 9.48. The summed E-state index contributed by atoms with van der Waals surface area (Å²) in [5, 5.41) is 8.35. The number of nitrogens with zero attached hydrogens (tertiary/aromatic N) is 3. The summed E-state index contributed by atoms with van der Waals surface area (Å²) in [5.74, 6) is 0.920. The first kappa shape index (κ1) is 27.6. The zero-order valence-corrected chi connectivity index (χ0v) is 21.5. The van der Waals surface area contributed by atoms with Crippen molar-refractivity contribution in [2.24, 2.45) is 5.73 Å². The molecule has 0 fully saturated rings. The molecule has 4 rings (SSSR count). The smallest absolute Gasteiger partial charge is 0.234 e. The molecule has 0 bridgehead atoms. The molecule has 1 amide bonds. The molecule has 0 aliphatic carbocycles. The van der Waals surface area contributed by atoms with Crippen LogP contribution in [0, 0.1) is 6.92 Å². The van der Waals surface area contributed by atoms with Gasteiger partial charge in [-0.15, -0.1) is 36.2 Å². The maximum absolute atomic E-state index is 11.9. The molecule has 9 nitrogen and oxygen atoms in total. The number of ether oxygens (including phenoxy) is 2. The summed E-state index contributed by atoms with van der Waals surface area (Å²) in [6.45, 7) is 5.00. The third-order valence-electron chi connectivity index (χ3n) is 5.24. The van der Waals surface area contributed by atoms with Crippen LogP contribution in [-0.2, 0) is 22.7 Å². The largest absolute Gasteiger partial charge is 0.495 e. The highest BCUT2D eigenvalue weighted by atomic mass is 35.5. The molecule has 0 radical (unpaired) electrons. The second-order valence-corrected chi connectivity index (χ2v) is 8.37. The number of nitrogens with two attached hydrogens (primary N) is 2. The number of anilines is 1. The Hall–Kier alpha value is -2.63.